The molecule has 0 heterocycles. The highest BCUT2D eigenvalue weighted by molar-refractivity contribution is 9.10. The average molecular weight is 348 g/mol. The Balaban J connectivity index is 2.16. The first-order chi connectivity index (χ1) is 9.97. The monoisotopic (exact) mass is 347 g/mol. The van der Waals surface area contributed by atoms with Crippen molar-refractivity contribution < 1.29 is 14.7 Å². The second-order valence-electron chi connectivity index (χ2n) is 4.63. The van der Waals surface area contributed by atoms with Gasteiger partial charge in [0.05, 0.1) is 6.42 Å². The number of benzene rings is 2. The molecule has 0 fully saturated rings. The number of nitrogen functional groups attached to an aromatic ring is 1. The van der Waals surface area contributed by atoms with E-state index in [2.05, 4.69) is 15.9 Å². The Bertz CT molecular complexity index is 680. The maximum absolute atomic E-state index is 11.8. The van der Waals surface area contributed by atoms with E-state index in [0.29, 0.717) is 11.3 Å². The summed E-state index contributed by atoms with van der Waals surface area (Å²) in [6.07, 6.45) is -0.131. The molecular weight excluding hydrogens is 334 g/mol. The van der Waals surface area contributed by atoms with Crippen LogP contribution in [0.15, 0.2) is 46.9 Å². The number of aliphatic carboxylic acids is 1. The van der Waals surface area contributed by atoms with Crippen LogP contribution in [-0.2, 0) is 4.79 Å². The van der Waals surface area contributed by atoms with Gasteiger partial charge in [-0.2, -0.15) is 0 Å². The normalized spacial score (nSPS) is 10.3. The Morgan fingerprint density at radius 1 is 1.00 bits per heavy atom. The summed E-state index contributed by atoms with van der Waals surface area (Å²) in [6.45, 7) is 0. The van der Waals surface area contributed by atoms with E-state index in [0.717, 1.165) is 15.6 Å². The summed E-state index contributed by atoms with van der Waals surface area (Å²) in [4.78, 5) is 22.3. The van der Waals surface area contributed by atoms with Gasteiger partial charge in [0.1, 0.15) is 0 Å². The second kappa shape index (κ2) is 6.54. The third kappa shape index (κ3) is 3.92. The molecule has 2 rings (SSSR count). The summed E-state index contributed by atoms with van der Waals surface area (Å²) in [5.41, 5.74) is 8.89. The topological polar surface area (TPSA) is 80.4 Å². The molecule has 0 saturated heterocycles. The van der Waals surface area contributed by atoms with Crippen LogP contribution in [0.2, 0.25) is 0 Å². The van der Waals surface area contributed by atoms with E-state index in [1.807, 2.05) is 30.3 Å². The molecule has 0 spiro atoms. The summed E-state index contributed by atoms with van der Waals surface area (Å²) >= 11 is 3.38. The minimum absolute atomic E-state index is 0.0160. The molecule has 21 heavy (non-hydrogen) atoms. The molecule has 0 amide bonds. The van der Waals surface area contributed by atoms with Gasteiger partial charge in [-0.3, -0.25) is 9.59 Å². The number of Topliss-reactive ketones (excluding diaryl/α,β-unsaturated/α-hetero) is 1. The van der Waals surface area contributed by atoms with Crippen LogP contribution in [-0.4, -0.2) is 16.9 Å². The Morgan fingerprint density at radius 2 is 1.62 bits per heavy atom. The summed E-state index contributed by atoms with van der Waals surface area (Å²) in [7, 11) is 0. The number of anilines is 1. The summed E-state index contributed by atoms with van der Waals surface area (Å²) < 4.78 is 0.821. The predicted octanol–water partition coefficient (Wildman–Crippen LogP) is 3.75. The van der Waals surface area contributed by atoms with Gasteiger partial charge in [-0.25, -0.2) is 0 Å². The fraction of sp³-hybridized carbons (Fsp3) is 0.125. The number of halogens is 1. The molecule has 0 aliphatic carbocycles. The Hall–Kier alpha value is -2.14. The third-order valence-electron chi connectivity index (χ3n) is 3.11. The van der Waals surface area contributed by atoms with Gasteiger partial charge in [-0.15, -0.1) is 0 Å². The minimum Gasteiger partial charge on any atom is -0.481 e. The Kier molecular flexibility index (Phi) is 4.75. The van der Waals surface area contributed by atoms with Crippen molar-refractivity contribution in [2.75, 3.05) is 5.73 Å². The van der Waals surface area contributed by atoms with E-state index in [4.69, 9.17) is 10.8 Å². The molecule has 2 aromatic carbocycles. The minimum atomic E-state index is -0.966. The standard InChI is InChI=1S/C16H14BrNO3/c17-13-9-12(5-6-14(13)18)10-1-3-11(4-2-10)15(19)7-8-16(20)21/h1-6,9H,7-8,18H2,(H,20,21). The van der Waals surface area contributed by atoms with Crippen LogP contribution >= 0.6 is 15.9 Å². The summed E-state index contributed by atoms with van der Waals surface area (Å²) in [6, 6.07) is 12.7. The lowest BCUT2D eigenvalue weighted by Gasteiger charge is -2.06. The van der Waals surface area contributed by atoms with Crippen molar-refractivity contribution >= 4 is 33.4 Å². The van der Waals surface area contributed by atoms with E-state index in [1.54, 1.807) is 12.1 Å². The lowest BCUT2D eigenvalue weighted by atomic mass is 10.0. The van der Waals surface area contributed by atoms with Crippen LogP contribution < -0.4 is 5.73 Å². The van der Waals surface area contributed by atoms with Crippen molar-refractivity contribution in [2.45, 2.75) is 12.8 Å². The van der Waals surface area contributed by atoms with Gasteiger partial charge < -0.3 is 10.8 Å². The lowest BCUT2D eigenvalue weighted by molar-refractivity contribution is -0.136. The quantitative estimate of drug-likeness (QED) is 0.637. The van der Waals surface area contributed by atoms with Crippen molar-refractivity contribution in [2.24, 2.45) is 0 Å². The van der Waals surface area contributed by atoms with Crippen molar-refractivity contribution in [1.29, 1.82) is 0 Å². The molecule has 0 radical (unpaired) electrons. The predicted molar refractivity (Wildman–Crippen MR) is 85.2 cm³/mol. The third-order valence-corrected chi connectivity index (χ3v) is 3.79. The molecule has 3 N–H and O–H groups in total. The first-order valence-electron chi connectivity index (χ1n) is 6.38. The smallest absolute Gasteiger partial charge is 0.303 e. The molecule has 0 aliphatic rings. The molecule has 0 aromatic heterocycles. The summed E-state index contributed by atoms with van der Waals surface area (Å²) in [5, 5.41) is 8.58. The number of ketones is 1. The van der Waals surface area contributed by atoms with Crippen molar-refractivity contribution in [1.82, 2.24) is 0 Å². The van der Waals surface area contributed by atoms with Gasteiger partial charge in [0.25, 0.3) is 0 Å². The molecule has 108 valence electrons. The molecule has 4 nitrogen and oxygen atoms in total. The van der Waals surface area contributed by atoms with Crippen molar-refractivity contribution in [3.63, 3.8) is 0 Å². The average Bonchev–Trinajstić information content (AvgIpc) is 2.48. The molecule has 0 atom stereocenters. The van der Waals surface area contributed by atoms with Crippen LogP contribution in [0.3, 0.4) is 0 Å². The molecule has 5 heteroatoms. The zero-order valence-corrected chi connectivity index (χ0v) is 12.8. The fourth-order valence-electron chi connectivity index (χ4n) is 1.92. The van der Waals surface area contributed by atoms with E-state index >= 15 is 0 Å². The SMILES string of the molecule is Nc1ccc(-c2ccc(C(=O)CCC(=O)O)cc2)cc1Br. The largest absolute Gasteiger partial charge is 0.481 e. The van der Waals surface area contributed by atoms with E-state index in [1.165, 1.54) is 0 Å². The van der Waals surface area contributed by atoms with Crippen molar-refractivity contribution in [3.05, 3.63) is 52.5 Å². The highest BCUT2D eigenvalue weighted by atomic mass is 79.9. The maximum atomic E-state index is 11.8. The van der Waals surface area contributed by atoms with E-state index < -0.39 is 5.97 Å². The number of carboxylic acid groups (broad SMARTS) is 1. The zero-order valence-electron chi connectivity index (χ0n) is 11.2. The molecule has 0 aliphatic heterocycles. The zero-order chi connectivity index (χ0) is 15.4. The van der Waals surface area contributed by atoms with Gasteiger partial charge >= 0.3 is 5.97 Å². The fourth-order valence-corrected chi connectivity index (χ4v) is 2.30. The Morgan fingerprint density at radius 3 is 2.19 bits per heavy atom. The lowest BCUT2D eigenvalue weighted by Crippen LogP contribution is -2.03. The van der Waals surface area contributed by atoms with E-state index in [9.17, 15) is 9.59 Å². The molecule has 0 bridgehead atoms. The number of carboxylic acids is 1. The first-order valence-corrected chi connectivity index (χ1v) is 7.17. The molecular formula is C16H14BrNO3. The second-order valence-corrected chi connectivity index (χ2v) is 5.48. The number of carbonyl (C=O) groups excluding carboxylic acids is 1. The number of rotatable bonds is 5. The van der Waals surface area contributed by atoms with Gasteiger partial charge in [0.2, 0.25) is 0 Å². The van der Waals surface area contributed by atoms with Crippen LogP contribution in [0.4, 0.5) is 5.69 Å². The summed E-state index contributed by atoms with van der Waals surface area (Å²) in [5.74, 6) is -1.13. The van der Waals surface area contributed by atoms with Crippen LogP contribution in [0, 0.1) is 0 Å². The Labute approximate surface area is 130 Å². The maximum Gasteiger partial charge on any atom is 0.303 e. The highest BCUT2D eigenvalue weighted by Crippen LogP contribution is 2.27. The van der Waals surface area contributed by atoms with Crippen LogP contribution in [0.1, 0.15) is 23.2 Å². The van der Waals surface area contributed by atoms with Gasteiger partial charge in [0, 0.05) is 22.1 Å². The molecule has 0 unspecified atom stereocenters. The number of carbonyl (C=O) groups is 2. The number of hydrogen-bond donors (Lipinski definition) is 2. The van der Waals surface area contributed by atoms with Gasteiger partial charge in [-0.05, 0) is 39.2 Å². The highest BCUT2D eigenvalue weighted by Gasteiger charge is 2.09. The van der Waals surface area contributed by atoms with Gasteiger partial charge in [-0.1, -0.05) is 30.3 Å². The molecule has 0 saturated carbocycles. The van der Waals surface area contributed by atoms with E-state index in [-0.39, 0.29) is 18.6 Å². The van der Waals surface area contributed by atoms with Crippen molar-refractivity contribution in [3.8, 4) is 11.1 Å². The number of hydrogen-bond acceptors (Lipinski definition) is 3. The molecule has 2 aromatic rings. The number of nitrogens with two attached hydrogens (primary N) is 1. The van der Waals surface area contributed by atoms with Crippen LogP contribution in [0.5, 0.6) is 0 Å². The first kappa shape index (κ1) is 15.3. The van der Waals surface area contributed by atoms with Gasteiger partial charge in [0.15, 0.2) is 5.78 Å². The van der Waals surface area contributed by atoms with Crippen LogP contribution in [0.25, 0.3) is 11.1 Å².